The van der Waals surface area contributed by atoms with E-state index in [9.17, 15) is 0 Å². The van der Waals surface area contributed by atoms with Crippen molar-refractivity contribution in [3.05, 3.63) is 24.5 Å². The van der Waals surface area contributed by atoms with Gasteiger partial charge in [0.25, 0.3) is 0 Å². The monoisotopic (exact) mass is 203 g/mol. The van der Waals surface area contributed by atoms with Crippen molar-refractivity contribution in [2.75, 3.05) is 13.1 Å². The SMILES string of the molecule is c1cc(OC2CCNC2)c2nc[nH]c2c1. The van der Waals surface area contributed by atoms with Crippen molar-refractivity contribution in [2.24, 2.45) is 0 Å². The molecule has 1 unspecified atom stereocenters. The summed E-state index contributed by atoms with van der Waals surface area (Å²) in [6.45, 7) is 1.97. The lowest BCUT2D eigenvalue weighted by atomic mass is 10.2. The van der Waals surface area contributed by atoms with Gasteiger partial charge in [0, 0.05) is 6.54 Å². The van der Waals surface area contributed by atoms with Gasteiger partial charge in [-0.15, -0.1) is 0 Å². The van der Waals surface area contributed by atoms with Crippen LogP contribution in [0.25, 0.3) is 11.0 Å². The van der Waals surface area contributed by atoms with Gasteiger partial charge in [0.15, 0.2) is 0 Å². The average molecular weight is 203 g/mol. The van der Waals surface area contributed by atoms with Gasteiger partial charge in [-0.3, -0.25) is 0 Å². The maximum atomic E-state index is 5.90. The van der Waals surface area contributed by atoms with Gasteiger partial charge in [0.2, 0.25) is 0 Å². The Kier molecular flexibility index (Phi) is 2.07. The van der Waals surface area contributed by atoms with Gasteiger partial charge in [-0.25, -0.2) is 4.98 Å². The Balaban J connectivity index is 1.92. The first-order chi connectivity index (χ1) is 7.43. The van der Waals surface area contributed by atoms with E-state index < -0.39 is 0 Å². The topological polar surface area (TPSA) is 49.9 Å². The second kappa shape index (κ2) is 3.55. The summed E-state index contributed by atoms with van der Waals surface area (Å²) in [5, 5.41) is 3.28. The highest BCUT2D eigenvalue weighted by Gasteiger charge is 2.17. The highest BCUT2D eigenvalue weighted by Crippen LogP contribution is 2.24. The molecule has 78 valence electrons. The number of imidazole rings is 1. The fourth-order valence-electron chi connectivity index (χ4n) is 1.94. The van der Waals surface area contributed by atoms with Crippen LogP contribution < -0.4 is 10.1 Å². The molecule has 2 aromatic rings. The zero-order valence-electron chi connectivity index (χ0n) is 8.36. The van der Waals surface area contributed by atoms with Crippen molar-refractivity contribution in [3.63, 3.8) is 0 Å². The molecule has 3 rings (SSSR count). The molecular weight excluding hydrogens is 190 g/mol. The molecule has 0 spiro atoms. The number of fused-ring (bicyclic) bond motifs is 1. The minimum atomic E-state index is 0.285. The van der Waals surface area contributed by atoms with Gasteiger partial charge < -0.3 is 15.0 Å². The first kappa shape index (κ1) is 8.73. The van der Waals surface area contributed by atoms with Crippen molar-refractivity contribution in [1.29, 1.82) is 0 Å². The van der Waals surface area contributed by atoms with Crippen LogP contribution in [-0.2, 0) is 0 Å². The van der Waals surface area contributed by atoms with Crippen molar-refractivity contribution in [2.45, 2.75) is 12.5 Å². The quantitative estimate of drug-likeness (QED) is 0.773. The number of nitrogens with zero attached hydrogens (tertiary/aromatic N) is 1. The highest BCUT2D eigenvalue weighted by atomic mass is 16.5. The van der Waals surface area contributed by atoms with Crippen LogP contribution in [-0.4, -0.2) is 29.2 Å². The lowest BCUT2D eigenvalue weighted by Gasteiger charge is -2.12. The molecule has 4 nitrogen and oxygen atoms in total. The van der Waals surface area contributed by atoms with Gasteiger partial charge >= 0.3 is 0 Å². The van der Waals surface area contributed by atoms with Crippen molar-refractivity contribution >= 4 is 11.0 Å². The number of H-pyrrole nitrogens is 1. The van der Waals surface area contributed by atoms with Crippen LogP contribution in [0, 0.1) is 0 Å². The minimum Gasteiger partial charge on any atom is -0.487 e. The number of hydrogen-bond acceptors (Lipinski definition) is 3. The largest absolute Gasteiger partial charge is 0.487 e. The van der Waals surface area contributed by atoms with Crippen LogP contribution in [0.3, 0.4) is 0 Å². The molecule has 1 aliphatic rings. The summed E-state index contributed by atoms with van der Waals surface area (Å²) in [4.78, 5) is 7.34. The molecule has 1 aromatic heterocycles. The Bertz CT molecular complexity index is 460. The van der Waals surface area contributed by atoms with Crippen LogP contribution in [0.1, 0.15) is 6.42 Å². The lowest BCUT2D eigenvalue weighted by molar-refractivity contribution is 0.225. The summed E-state index contributed by atoms with van der Waals surface area (Å²) in [5.74, 6) is 0.877. The van der Waals surface area contributed by atoms with E-state index in [-0.39, 0.29) is 6.10 Å². The lowest BCUT2D eigenvalue weighted by Crippen LogP contribution is -2.19. The molecule has 1 fully saturated rings. The molecule has 1 aliphatic heterocycles. The van der Waals surface area contributed by atoms with Crippen LogP contribution >= 0.6 is 0 Å². The smallest absolute Gasteiger partial charge is 0.147 e. The van der Waals surface area contributed by atoms with Crippen molar-refractivity contribution in [1.82, 2.24) is 15.3 Å². The number of hydrogen-bond donors (Lipinski definition) is 2. The number of para-hydroxylation sites is 1. The summed E-state index contributed by atoms with van der Waals surface area (Å²) in [6, 6.07) is 5.96. The number of ether oxygens (including phenoxy) is 1. The molecule has 0 amide bonds. The molecular formula is C11H13N3O. The molecule has 0 saturated carbocycles. The molecule has 15 heavy (non-hydrogen) atoms. The summed E-state index contributed by atoms with van der Waals surface area (Å²) in [6.07, 6.45) is 3.05. The predicted molar refractivity (Wildman–Crippen MR) is 58.0 cm³/mol. The van der Waals surface area contributed by atoms with Gasteiger partial charge in [0.05, 0.1) is 11.8 Å². The molecule has 2 heterocycles. The van der Waals surface area contributed by atoms with Gasteiger partial charge in [-0.05, 0) is 25.1 Å². The van der Waals surface area contributed by atoms with E-state index in [0.29, 0.717) is 0 Å². The van der Waals surface area contributed by atoms with Crippen molar-refractivity contribution < 1.29 is 4.74 Å². The highest BCUT2D eigenvalue weighted by molar-refractivity contribution is 5.81. The zero-order valence-corrected chi connectivity index (χ0v) is 8.36. The molecule has 1 aromatic carbocycles. The Labute approximate surface area is 87.7 Å². The van der Waals surface area contributed by atoms with Crippen LogP contribution in [0.4, 0.5) is 0 Å². The Morgan fingerprint density at radius 3 is 3.27 bits per heavy atom. The van der Waals surface area contributed by atoms with Gasteiger partial charge in [-0.1, -0.05) is 6.07 Å². The first-order valence-electron chi connectivity index (χ1n) is 5.23. The molecule has 4 heteroatoms. The summed E-state index contributed by atoms with van der Waals surface area (Å²) in [7, 11) is 0. The maximum absolute atomic E-state index is 5.90. The normalized spacial score (nSPS) is 20.9. The van der Waals surface area contributed by atoms with E-state index >= 15 is 0 Å². The average Bonchev–Trinajstić information content (AvgIpc) is 2.87. The van der Waals surface area contributed by atoms with Crippen molar-refractivity contribution in [3.8, 4) is 5.75 Å². The third kappa shape index (κ3) is 1.57. The summed E-state index contributed by atoms with van der Waals surface area (Å²) < 4.78 is 5.90. The van der Waals surface area contributed by atoms with E-state index in [1.165, 1.54) is 0 Å². The summed E-state index contributed by atoms with van der Waals surface area (Å²) in [5.41, 5.74) is 1.95. The van der Waals surface area contributed by atoms with E-state index in [1.807, 2.05) is 18.2 Å². The molecule has 1 saturated heterocycles. The Hall–Kier alpha value is -1.55. The molecule has 1 atom stereocenters. The van der Waals surface area contributed by atoms with E-state index in [1.54, 1.807) is 6.33 Å². The first-order valence-corrected chi connectivity index (χ1v) is 5.23. The summed E-state index contributed by atoms with van der Waals surface area (Å²) >= 11 is 0. The fourth-order valence-corrected chi connectivity index (χ4v) is 1.94. The number of nitrogens with one attached hydrogen (secondary N) is 2. The Morgan fingerprint density at radius 2 is 2.40 bits per heavy atom. The fraction of sp³-hybridized carbons (Fsp3) is 0.364. The minimum absolute atomic E-state index is 0.285. The second-order valence-corrected chi connectivity index (χ2v) is 3.79. The molecule has 2 N–H and O–H groups in total. The van der Waals surface area contributed by atoms with Gasteiger partial charge in [-0.2, -0.15) is 0 Å². The van der Waals surface area contributed by atoms with Crippen LogP contribution in [0.2, 0.25) is 0 Å². The Morgan fingerprint density at radius 1 is 1.40 bits per heavy atom. The van der Waals surface area contributed by atoms with E-state index in [0.717, 1.165) is 36.3 Å². The maximum Gasteiger partial charge on any atom is 0.147 e. The number of rotatable bonds is 2. The van der Waals surface area contributed by atoms with E-state index in [2.05, 4.69) is 15.3 Å². The molecule has 0 aliphatic carbocycles. The zero-order chi connectivity index (χ0) is 10.1. The number of aromatic nitrogens is 2. The molecule has 0 bridgehead atoms. The molecule has 0 radical (unpaired) electrons. The number of aromatic amines is 1. The number of benzene rings is 1. The standard InChI is InChI=1S/C11H13N3O/c1-2-9-11(14-7-13-9)10(3-1)15-8-4-5-12-6-8/h1-3,7-8,12H,4-6H2,(H,13,14). The van der Waals surface area contributed by atoms with Crippen LogP contribution in [0.15, 0.2) is 24.5 Å². The second-order valence-electron chi connectivity index (χ2n) is 3.79. The third-order valence-electron chi connectivity index (χ3n) is 2.72. The van der Waals surface area contributed by atoms with Gasteiger partial charge in [0.1, 0.15) is 17.4 Å². The third-order valence-corrected chi connectivity index (χ3v) is 2.72. The van der Waals surface area contributed by atoms with E-state index in [4.69, 9.17) is 4.74 Å². The van der Waals surface area contributed by atoms with Crippen LogP contribution in [0.5, 0.6) is 5.75 Å². The predicted octanol–water partition coefficient (Wildman–Crippen LogP) is 1.30.